The lowest BCUT2D eigenvalue weighted by molar-refractivity contribution is -0.155. The molecule has 0 bridgehead atoms. The SMILES string of the molecule is CCCOc1ccc(C(=O)CC(=O)C(OC)OC)cc1. The summed E-state index contributed by atoms with van der Waals surface area (Å²) >= 11 is 0. The summed E-state index contributed by atoms with van der Waals surface area (Å²) in [4.78, 5) is 23.6. The van der Waals surface area contributed by atoms with Crippen molar-refractivity contribution in [3.63, 3.8) is 0 Å². The Hall–Kier alpha value is -1.72. The van der Waals surface area contributed by atoms with Crippen LogP contribution in [0, 0.1) is 0 Å². The lowest BCUT2D eigenvalue weighted by atomic mass is 10.1. The largest absolute Gasteiger partial charge is 0.494 e. The molecule has 0 fully saturated rings. The van der Waals surface area contributed by atoms with Gasteiger partial charge in [0.1, 0.15) is 5.75 Å². The van der Waals surface area contributed by atoms with Gasteiger partial charge < -0.3 is 14.2 Å². The molecule has 1 aromatic carbocycles. The highest BCUT2D eigenvalue weighted by Crippen LogP contribution is 2.14. The molecule has 0 radical (unpaired) electrons. The second-order valence-corrected chi connectivity index (χ2v) is 4.24. The van der Waals surface area contributed by atoms with Gasteiger partial charge in [0.2, 0.25) is 6.29 Å². The minimum atomic E-state index is -0.994. The molecule has 0 unspecified atom stereocenters. The molecule has 20 heavy (non-hydrogen) atoms. The summed E-state index contributed by atoms with van der Waals surface area (Å²) < 4.78 is 15.1. The Morgan fingerprint density at radius 2 is 1.70 bits per heavy atom. The first-order valence-electron chi connectivity index (χ1n) is 6.46. The monoisotopic (exact) mass is 280 g/mol. The summed E-state index contributed by atoms with van der Waals surface area (Å²) in [5.41, 5.74) is 0.466. The maximum Gasteiger partial charge on any atom is 0.217 e. The zero-order chi connectivity index (χ0) is 15.0. The van der Waals surface area contributed by atoms with Crippen LogP contribution in [-0.2, 0) is 14.3 Å². The van der Waals surface area contributed by atoms with Crippen LogP contribution in [0.2, 0.25) is 0 Å². The number of hydrogen-bond donors (Lipinski definition) is 0. The lowest BCUT2D eigenvalue weighted by Crippen LogP contribution is -2.27. The van der Waals surface area contributed by atoms with E-state index in [4.69, 9.17) is 14.2 Å². The van der Waals surface area contributed by atoms with Crippen LogP contribution in [-0.4, -0.2) is 38.7 Å². The maximum atomic E-state index is 11.9. The normalized spacial score (nSPS) is 10.6. The van der Waals surface area contributed by atoms with Gasteiger partial charge in [-0.05, 0) is 30.7 Å². The summed E-state index contributed by atoms with van der Waals surface area (Å²) in [6, 6.07) is 6.74. The van der Waals surface area contributed by atoms with Gasteiger partial charge in [0.05, 0.1) is 13.0 Å². The number of hydrogen-bond acceptors (Lipinski definition) is 5. The van der Waals surface area contributed by atoms with Gasteiger partial charge in [0.15, 0.2) is 11.6 Å². The van der Waals surface area contributed by atoms with Crippen molar-refractivity contribution in [3.8, 4) is 5.75 Å². The molecule has 5 heteroatoms. The van der Waals surface area contributed by atoms with Gasteiger partial charge in [-0.15, -0.1) is 0 Å². The number of benzene rings is 1. The van der Waals surface area contributed by atoms with Crippen LogP contribution in [0.25, 0.3) is 0 Å². The molecule has 0 aliphatic rings. The molecule has 1 aromatic rings. The number of ketones is 2. The second-order valence-electron chi connectivity index (χ2n) is 4.24. The van der Waals surface area contributed by atoms with E-state index < -0.39 is 12.1 Å². The molecule has 0 amide bonds. The zero-order valence-electron chi connectivity index (χ0n) is 12.0. The van der Waals surface area contributed by atoms with Crippen LogP contribution in [0.5, 0.6) is 5.75 Å². The molecule has 1 rings (SSSR count). The third-order valence-corrected chi connectivity index (χ3v) is 2.67. The van der Waals surface area contributed by atoms with Crippen LogP contribution >= 0.6 is 0 Å². The third kappa shape index (κ3) is 4.75. The average molecular weight is 280 g/mol. The van der Waals surface area contributed by atoms with Gasteiger partial charge in [0.25, 0.3) is 0 Å². The van der Waals surface area contributed by atoms with Crippen LogP contribution in [0.1, 0.15) is 30.1 Å². The van der Waals surface area contributed by atoms with Crippen molar-refractivity contribution in [1.82, 2.24) is 0 Å². The standard InChI is InChI=1S/C15H20O5/c1-4-9-20-12-7-5-11(6-8-12)13(16)10-14(17)15(18-2)19-3/h5-8,15H,4,9-10H2,1-3H3. The van der Waals surface area contributed by atoms with E-state index in [2.05, 4.69) is 0 Å². The minimum Gasteiger partial charge on any atom is -0.494 e. The molecular formula is C15H20O5. The third-order valence-electron chi connectivity index (χ3n) is 2.67. The van der Waals surface area contributed by atoms with E-state index >= 15 is 0 Å². The van der Waals surface area contributed by atoms with Gasteiger partial charge in [0, 0.05) is 19.8 Å². The molecule has 0 aliphatic heterocycles. The summed E-state index contributed by atoms with van der Waals surface area (Å²) in [5, 5.41) is 0. The highest BCUT2D eigenvalue weighted by atomic mass is 16.7. The van der Waals surface area contributed by atoms with Crippen molar-refractivity contribution in [3.05, 3.63) is 29.8 Å². The molecular weight excluding hydrogens is 260 g/mol. The summed E-state index contributed by atoms with van der Waals surface area (Å²) in [5.74, 6) is 0.0452. The van der Waals surface area contributed by atoms with Crippen molar-refractivity contribution < 1.29 is 23.8 Å². The van der Waals surface area contributed by atoms with E-state index in [1.165, 1.54) is 14.2 Å². The molecule has 0 saturated carbocycles. The van der Waals surface area contributed by atoms with E-state index in [1.807, 2.05) is 6.92 Å². The molecule has 0 aromatic heterocycles. The predicted octanol–water partition coefficient (Wildman–Crippen LogP) is 2.24. The minimum absolute atomic E-state index is 0.249. The Morgan fingerprint density at radius 1 is 1.10 bits per heavy atom. The molecule has 0 saturated heterocycles. The average Bonchev–Trinajstić information content (AvgIpc) is 2.46. The Labute approximate surface area is 118 Å². The number of rotatable bonds is 9. The van der Waals surface area contributed by atoms with Crippen LogP contribution < -0.4 is 4.74 Å². The highest BCUT2D eigenvalue weighted by molar-refractivity contribution is 6.08. The van der Waals surface area contributed by atoms with Gasteiger partial charge in [-0.1, -0.05) is 6.92 Å². The van der Waals surface area contributed by atoms with E-state index in [9.17, 15) is 9.59 Å². The molecule has 0 spiro atoms. The van der Waals surface area contributed by atoms with Crippen LogP contribution in [0.4, 0.5) is 0 Å². The molecule has 0 N–H and O–H groups in total. The molecule has 0 heterocycles. The van der Waals surface area contributed by atoms with Gasteiger partial charge in [-0.25, -0.2) is 0 Å². The van der Waals surface area contributed by atoms with Crippen LogP contribution in [0.15, 0.2) is 24.3 Å². The maximum absolute atomic E-state index is 11.9. The van der Waals surface area contributed by atoms with E-state index in [0.717, 1.165) is 6.42 Å². The van der Waals surface area contributed by atoms with E-state index in [-0.39, 0.29) is 12.2 Å². The molecule has 110 valence electrons. The summed E-state index contributed by atoms with van der Waals surface area (Å²) in [6.45, 7) is 2.65. The smallest absolute Gasteiger partial charge is 0.217 e. The lowest BCUT2D eigenvalue weighted by Gasteiger charge is -2.11. The van der Waals surface area contributed by atoms with Crippen molar-refractivity contribution in [2.24, 2.45) is 0 Å². The first-order valence-corrected chi connectivity index (χ1v) is 6.46. The number of methoxy groups -OCH3 is 2. The molecule has 5 nitrogen and oxygen atoms in total. The fourth-order valence-electron chi connectivity index (χ4n) is 1.66. The first-order chi connectivity index (χ1) is 9.62. The van der Waals surface area contributed by atoms with Crippen molar-refractivity contribution >= 4 is 11.6 Å². The predicted molar refractivity (Wildman–Crippen MR) is 74.0 cm³/mol. The molecule has 0 atom stereocenters. The number of ether oxygens (including phenoxy) is 3. The second kappa shape index (κ2) is 8.45. The van der Waals surface area contributed by atoms with Crippen molar-refractivity contribution in [2.45, 2.75) is 26.1 Å². The van der Waals surface area contributed by atoms with Gasteiger partial charge >= 0.3 is 0 Å². The van der Waals surface area contributed by atoms with Gasteiger partial charge in [-0.3, -0.25) is 9.59 Å². The zero-order valence-corrected chi connectivity index (χ0v) is 12.0. The summed E-state index contributed by atoms with van der Waals surface area (Å²) in [7, 11) is 2.72. The summed E-state index contributed by atoms with van der Waals surface area (Å²) in [6.07, 6.45) is -0.322. The molecule has 0 aliphatic carbocycles. The fraction of sp³-hybridized carbons (Fsp3) is 0.467. The highest BCUT2D eigenvalue weighted by Gasteiger charge is 2.20. The fourth-order valence-corrected chi connectivity index (χ4v) is 1.66. The van der Waals surface area contributed by atoms with Crippen molar-refractivity contribution in [2.75, 3.05) is 20.8 Å². The number of Topliss-reactive ketones (excluding diaryl/α,β-unsaturated/α-hetero) is 2. The van der Waals surface area contributed by atoms with Gasteiger partial charge in [-0.2, -0.15) is 0 Å². The Bertz CT molecular complexity index is 434. The van der Waals surface area contributed by atoms with Crippen molar-refractivity contribution in [1.29, 1.82) is 0 Å². The first kappa shape index (κ1) is 16.3. The van der Waals surface area contributed by atoms with E-state index in [0.29, 0.717) is 17.9 Å². The number of carbonyl (C=O) groups excluding carboxylic acids is 2. The van der Waals surface area contributed by atoms with E-state index in [1.54, 1.807) is 24.3 Å². The topological polar surface area (TPSA) is 61.8 Å². The van der Waals surface area contributed by atoms with Crippen LogP contribution in [0.3, 0.4) is 0 Å². The Kier molecular flexibility index (Phi) is 6.90. The Morgan fingerprint density at radius 3 is 2.20 bits per heavy atom. The number of carbonyl (C=O) groups is 2. The Balaban J connectivity index is 2.61. The quantitative estimate of drug-likeness (QED) is 0.394.